The smallest absolute Gasteiger partial charge is 0.399 e. The van der Waals surface area contributed by atoms with Crippen LogP contribution >= 0.6 is 0 Å². The lowest BCUT2D eigenvalue weighted by atomic mass is 9.76. The molecule has 0 aromatic heterocycles. The normalized spacial score (nSPS) is 34.2. The van der Waals surface area contributed by atoms with E-state index in [9.17, 15) is 4.39 Å². The fourth-order valence-electron chi connectivity index (χ4n) is 2.70. The van der Waals surface area contributed by atoms with Crippen molar-refractivity contribution in [2.24, 2.45) is 5.92 Å². The van der Waals surface area contributed by atoms with Crippen molar-refractivity contribution >= 4 is 7.12 Å². The predicted octanol–water partition coefficient (Wildman–Crippen LogP) is 4.38. The molecule has 0 aromatic rings. The van der Waals surface area contributed by atoms with E-state index in [1.807, 2.05) is 0 Å². The SMILES string of the molecule is CC(C)C1(C)OB(C2=C/CCC=C(F)/C=C\2)OC1(C)C. The summed E-state index contributed by atoms with van der Waals surface area (Å²) in [6, 6.07) is 0. The summed E-state index contributed by atoms with van der Waals surface area (Å²) >= 11 is 0. The van der Waals surface area contributed by atoms with E-state index >= 15 is 0 Å². The Morgan fingerprint density at radius 1 is 1.10 bits per heavy atom. The van der Waals surface area contributed by atoms with Crippen molar-refractivity contribution in [3.63, 3.8) is 0 Å². The Morgan fingerprint density at radius 3 is 2.35 bits per heavy atom. The van der Waals surface area contributed by atoms with Crippen molar-refractivity contribution in [3.8, 4) is 0 Å². The summed E-state index contributed by atoms with van der Waals surface area (Å²) in [7, 11) is -0.417. The average molecular weight is 278 g/mol. The van der Waals surface area contributed by atoms with Crippen molar-refractivity contribution in [2.75, 3.05) is 0 Å². The highest BCUT2D eigenvalue weighted by atomic mass is 19.1. The minimum atomic E-state index is -0.417. The molecule has 1 aliphatic heterocycles. The van der Waals surface area contributed by atoms with Gasteiger partial charge in [-0.15, -0.1) is 0 Å². The lowest BCUT2D eigenvalue weighted by Gasteiger charge is -2.39. The second-order valence-corrected chi connectivity index (χ2v) is 6.54. The van der Waals surface area contributed by atoms with Gasteiger partial charge in [-0.1, -0.05) is 26.0 Å². The van der Waals surface area contributed by atoms with Crippen molar-refractivity contribution in [3.05, 3.63) is 35.6 Å². The first-order valence-corrected chi connectivity index (χ1v) is 7.36. The molecule has 1 atom stereocenters. The number of halogens is 1. The molecule has 0 bridgehead atoms. The van der Waals surface area contributed by atoms with Gasteiger partial charge in [-0.05, 0) is 57.2 Å². The molecule has 20 heavy (non-hydrogen) atoms. The van der Waals surface area contributed by atoms with Crippen LogP contribution in [0.2, 0.25) is 0 Å². The first-order valence-electron chi connectivity index (χ1n) is 7.36. The van der Waals surface area contributed by atoms with Gasteiger partial charge in [-0.25, -0.2) is 4.39 Å². The van der Waals surface area contributed by atoms with Crippen LogP contribution in [-0.4, -0.2) is 18.3 Å². The van der Waals surface area contributed by atoms with Gasteiger partial charge in [0.05, 0.1) is 11.2 Å². The van der Waals surface area contributed by atoms with E-state index in [1.165, 1.54) is 6.08 Å². The van der Waals surface area contributed by atoms with Gasteiger partial charge >= 0.3 is 7.12 Å². The van der Waals surface area contributed by atoms with Crippen LogP contribution in [0.1, 0.15) is 47.5 Å². The van der Waals surface area contributed by atoms with Gasteiger partial charge in [0, 0.05) is 0 Å². The maximum Gasteiger partial charge on any atom is 0.494 e. The summed E-state index contributed by atoms with van der Waals surface area (Å²) in [5, 5.41) is 0. The zero-order valence-corrected chi connectivity index (χ0v) is 13.1. The molecule has 1 fully saturated rings. The maximum atomic E-state index is 13.4. The third-order valence-corrected chi connectivity index (χ3v) is 4.64. The van der Waals surface area contributed by atoms with Crippen molar-refractivity contribution in [2.45, 2.75) is 58.7 Å². The minimum Gasteiger partial charge on any atom is -0.399 e. The summed E-state index contributed by atoms with van der Waals surface area (Å²) in [5.74, 6) is 0.136. The van der Waals surface area contributed by atoms with Crippen LogP contribution in [0.3, 0.4) is 0 Å². The monoisotopic (exact) mass is 278 g/mol. The molecule has 1 saturated heterocycles. The van der Waals surface area contributed by atoms with Crippen molar-refractivity contribution < 1.29 is 13.7 Å². The first kappa shape index (κ1) is 15.5. The fraction of sp³-hybridized carbons (Fsp3) is 0.625. The van der Waals surface area contributed by atoms with Gasteiger partial charge in [0.25, 0.3) is 0 Å². The van der Waals surface area contributed by atoms with Gasteiger partial charge in [0.1, 0.15) is 5.83 Å². The molecule has 1 heterocycles. The van der Waals surface area contributed by atoms with Gasteiger partial charge < -0.3 is 9.31 Å². The van der Waals surface area contributed by atoms with Gasteiger partial charge in [0.15, 0.2) is 0 Å². The van der Waals surface area contributed by atoms with Crippen LogP contribution in [0.4, 0.5) is 4.39 Å². The van der Waals surface area contributed by atoms with Crippen LogP contribution in [0.25, 0.3) is 0 Å². The number of hydrogen-bond donors (Lipinski definition) is 0. The zero-order chi connectivity index (χ0) is 15.0. The molecule has 2 nitrogen and oxygen atoms in total. The molecule has 0 amide bonds. The Kier molecular flexibility index (Phi) is 4.26. The molecule has 110 valence electrons. The van der Waals surface area contributed by atoms with E-state index < -0.39 is 7.12 Å². The molecule has 0 saturated carbocycles. The zero-order valence-electron chi connectivity index (χ0n) is 13.1. The summed E-state index contributed by atoms with van der Waals surface area (Å²) in [5.41, 5.74) is 0.172. The van der Waals surface area contributed by atoms with E-state index in [2.05, 4.69) is 40.7 Å². The quantitative estimate of drug-likeness (QED) is 0.698. The highest BCUT2D eigenvalue weighted by Gasteiger charge is 2.56. The lowest BCUT2D eigenvalue weighted by Crippen LogP contribution is -2.48. The molecular weight excluding hydrogens is 254 g/mol. The van der Waals surface area contributed by atoms with E-state index in [-0.39, 0.29) is 17.0 Å². The second kappa shape index (κ2) is 5.49. The minimum absolute atomic E-state index is 0.195. The largest absolute Gasteiger partial charge is 0.494 e. The van der Waals surface area contributed by atoms with Gasteiger partial charge in [0.2, 0.25) is 0 Å². The molecule has 2 rings (SSSR count). The fourth-order valence-corrected chi connectivity index (χ4v) is 2.70. The first-order chi connectivity index (χ1) is 9.26. The lowest BCUT2D eigenvalue weighted by molar-refractivity contribution is -0.0435. The average Bonchev–Trinajstić information content (AvgIpc) is 2.56. The molecule has 0 aromatic carbocycles. The Bertz CT molecular complexity index is 465. The third-order valence-electron chi connectivity index (χ3n) is 4.64. The summed E-state index contributed by atoms with van der Waals surface area (Å²) in [4.78, 5) is 0. The van der Waals surface area contributed by atoms with Crippen molar-refractivity contribution in [1.29, 1.82) is 0 Å². The summed E-state index contributed by atoms with van der Waals surface area (Å²) in [6.07, 6.45) is 8.43. The topological polar surface area (TPSA) is 18.5 Å². The molecule has 4 heteroatoms. The Morgan fingerprint density at radius 2 is 1.75 bits per heavy atom. The number of rotatable bonds is 2. The Labute approximate surface area is 121 Å². The molecule has 0 radical (unpaired) electrons. The number of allylic oxidation sites excluding steroid dienone is 6. The maximum absolute atomic E-state index is 13.4. The molecular formula is C16H24BFO2. The van der Waals surface area contributed by atoms with Crippen LogP contribution < -0.4 is 0 Å². The highest BCUT2D eigenvalue weighted by molar-refractivity contribution is 6.55. The van der Waals surface area contributed by atoms with Crippen molar-refractivity contribution in [1.82, 2.24) is 0 Å². The van der Waals surface area contributed by atoms with Crippen LogP contribution in [0, 0.1) is 5.92 Å². The van der Waals surface area contributed by atoms with E-state index in [1.54, 1.807) is 12.2 Å². The molecule has 1 unspecified atom stereocenters. The Balaban J connectivity index is 2.24. The van der Waals surface area contributed by atoms with Crippen LogP contribution in [0.5, 0.6) is 0 Å². The van der Waals surface area contributed by atoms with Gasteiger partial charge in [-0.2, -0.15) is 0 Å². The van der Waals surface area contributed by atoms with E-state index in [0.29, 0.717) is 12.3 Å². The number of hydrogen-bond acceptors (Lipinski definition) is 2. The molecule has 1 aliphatic carbocycles. The summed E-state index contributed by atoms with van der Waals surface area (Å²) in [6.45, 7) is 10.5. The highest BCUT2D eigenvalue weighted by Crippen LogP contribution is 2.43. The second-order valence-electron chi connectivity index (χ2n) is 6.54. The predicted molar refractivity (Wildman–Crippen MR) is 80.9 cm³/mol. The van der Waals surface area contributed by atoms with E-state index in [0.717, 1.165) is 11.9 Å². The molecule has 0 spiro atoms. The molecule has 0 N–H and O–H groups in total. The van der Waals surface area contributed by atoms with Crippen LogP contribution in [-0.2, 0) is 9.31 Å². The molecule has 2 aliphatic rings. The van der Waals surface area contributed by atoms with Gasteiger partial charge in [-0.3, -0.25) is 0 Å². The van der Waals surface area contributed by atoms with E-state index in [4.69, 9.17) is 9.31 Å². The summed E-state index contributed by atoms with van der Waals surface area (Å²) < 4.78 is 25.7. The third kappa shape index (κ3) is 2.77. The Hall–Kier alpha value is -0.865. The van der Waals surface area contributed by atoms with Crippen LogP contribution in [0.15, 0.2) is 35.6 Å². The standard InChI is InChI=1S/C16H24BFO2/c1-12(2)16(5)15(3,4)19-17(20-16)13-8-6-7-9-14(18)11-10-13/h8-12H,6-7H2,1-5H3/b11-10-,13-8+,14-9?.